The van der Waals surface area contributed by atoms with E-state index in [1.165, 1.54) is 0 Å². The van der Waals surface area contributed by atoms with Gasteiger partial charge in [0.05, 0.1) is 6.17 Å². The van der Waals surface area contributed by atoms with E-state index in [1.807, 2.05) is 19.0 Å². The van der Waals surface area contributed by atoms with Gasteiger partial charge in [-0.2, -0.15) is 0 Å². The lowest BCUT2D eigenvalue weighted by atomic mass is 10.2. The van der Waals surface area contributed by atoms with Crippen molar-refractivity contribution in [2.75, 3.05) is 20.6 Å². The molecule has 0 radical (unpaired) electrons. The largest absolute Gasteiger partial charge is 0.330 e. The lowest BCUT2D eigenvalue weighted by Crippen LogP contribution is -2.36. The highest BCUT2D eigenvalue weighted by Gasteiger charge is 2.01. The predicted molar refractivity (Wildman–Crippen MR) is 40.0 cm³/mol. The zero-order chi connectivity index (χ0) is 7.28. The number of hydrogen-bond acceptors (Lipinski definition) is 3. The van der Waals surface area contributed by atoms with Crippen molar-refractivity contribution in [1.82, 2.24) is 4.90 Å². The molecular formula is C6H17N3. The van der Waals surface area contributed by atoms with Gasteiger partial charge in [0.15, 0.2) is 0 Å². The molecule has 0 heterocycles. The first-order valence-electron chi connectivity index (χ1n) is 3.30. The lowest BCUT2D eigenvalue weighted by Gasteiger charge is -2.18. The van der Waals surface area contributed by atoms with Gasteiger partial charge in [-0.05, 0) is 33.5 Å². The highest BCUT2D eigenvalue weighted by atomic mass is 15.2. The Hall–Kier alpha value is -0.120. The summed E-state index contributed by atoms with van der Waals surface area (Å²) in [5, 5.41) is 0. The molecule has 3 heteroatoms. The van der Waals surface area contributed by atoms with Crippen LogP contribution < -0.4 is 11.5 Å². The lowest BCUT2D eigenvalue weighted by molar-refractivity contribution is 0.282. The predicted octanol–water partition coefficient (Wildman–Crippen LogP) is -0.428. The summed E-state index contributed by atoms with van der Waals surface area (Å²) < 4.78 is 0. The van der Waals surface area contributed by atoms with Gasteiger partial charge in [0.25, 0.3) is 0 Å². The van der Waals surface area contributed by atoms with Crippen LogP contribution in [0.5, 0.6) is 0 Å². The van der Waals surface area contributed by atoms with Crippen LogP contribution in [0.3, 0.4) is 0 Å². The standard InChI is InChI=1S/C6H17N3/c1-9(2)6(8)4-3-5-7/h6H,3-5,7-8H2,1-2H3. The van der Waals surface area contributed by atoms with E-state index < -0.39 is 0 Å². The van der Waals surface area contributed by atoms with Gasteiger partial charge in [0, 0.05) is 0 Å². The molecule has 0 bridgehead atoms. The summed E-state index contributed by atoms with van der Waals surface area (Å²) in [4.78, 5) is 2.00. The molecule has 0 aliphatic carbocycles. The van der Waals surface area contributed by atoms with Crippen molar-refractivity contribution in [1.29, 1.82) is 0 Å². The maximum Gasteiger partial charge on any atom is 0.0567 e. The van der Waals surface area contributed by atoms with Crippen molar-refractivity contribution in [3.05, 3.63) is 0 Å². The third kappa shape index (κ3) is 4.39. The summed E-state index contributed by atoms with van der Waals surface area (Å²) in [5.74, 6) is 0. The molecule has 0 aromatic carbocycles. The van der Waals surface area contributed by atoms with Crippen LogP contribution in [0, 0.1) is 0 Å². The quantitative estimate of drug-likeness (QED) is 0.509. The zero-order valence-electron chi connectivity index (χ0n) is 6.30. The summed E-state index contributed by atoms with van der Waals surface area (Å²) >= 11 is 0. The normalized spacial score (nSPS) is 14.3. The number of nitrogens with zero attached hydrogens (tertiary/aromatic N) is 1. The maximum absolute atomic E-state index is 5.67. The minimum Gasteiger partial charge on any atom is -0.330 e. The third-order valence-corrected chi connectivity index (χ3v) is 1.37. The Morgan fingerprint density at radius 1 is 1.44 bits per heavy atom. The second kappa shape index (κ2) is 4.73. The van der Waals surface area contributed by atoms with Crippen molar-refractivity contribution in [3.8, 4) is 0 Å². The van der Waals surface area contributed by atoms with Crippen LogP contribution in [0.2, 0.25) is 0 Å². The van der Waals surface area contributed by atoms with Gasteiger partial charge in [-0.3, -0.25) is 4.90 Å². The average molecular weight is 131 g/mol. The molecule has 4 N–H and O–H groups in total. The number of nitrogens with two attached hydrogens (primary N) is 2. The molecule has 0 aromatic heterocycles. The van der Waals surface area contributed by atoms with Gasteiger partial charge < -0.3 is 11.5 Å². The SMILES string of the molecule is CN(C)C(N)CCCN. The van der Waals surface area contributed by atoms with Gasteiger partial charge in [-0.15, -0.1) is 0 Å². The van der Waals surface area contributed by atoms with Gasteiger partial charge >= 0.3 is 0 Å². The van der Waals surface area contributed by atoms with E-state index in [-0.39, 0.29) is 6.17 Å². The Morgan fingerprint density at radius 3 is 2.33 bits per heavy atom. The van der Waals surface area contributed by atoms with E-state index >= 15 is 0 Å². The Kier molecular flexibility index (Phi) is 4.67. The molecule has 0 aliphatic heterocycles. The molecule has 0 aliphatic rings. The van der Waals surface area contributed by atoms with Gasteiger partial charge in [-0.1, -0.05) is 0 Å². The van der Waals surface area contributed by atoms with E-state index in [0.717, 1.165) is 19.4 Å². The van der Waals surface area contributed by atoms with Crippen LogP contribution in [0.25, 0.3) is 0 Å². The first-order chi connectivity index (χ1) is 4.18. The second-order valence-electron chi connectivity index (χ2n) is 2.46. The molecule has 9 heavy (non-hydrogen) atoms. The summed E-state index contributed by atoms with van der Waals surface area (Å²) in [5.41, 5.74) is 11.0. The Morgan fingerprint density at radius 2 is 2.00 bits per heavy atom. The van der Waals surface area contributed by atoms with Crippen LogP contribution in [-0.2, 0) is 0 Å². The molecule has 3 nitrogen and oxygen atoms in total. The number of hydrogen-bond donors (Lipinski definition) is 2. The summed E-state index contributed by atoms with van der Waals surface area (Å²) in [6, 6.07) is 0. The fourth-order valence-electron chi connectivity index (χ4n) is 0.585. The molecule has 0 saturated carbocycles. The Balaban J connectivity index is 3.16. The minimum atomic E-state index is 0.175. The highest BCUT2D eigenvalue weighted by molar-refractivity contribution is 4.56. The van der Waals surface area contributed by atoms with Crippen LogP contribution in [0.4, 0.5) is 0 Å². The van der Waals surface area contributed by atoms with Crippen molar-refractivity contribution in [2.45, 2.75) is 19.0 Å². The molecule has 1 unspecified atom stereocenters. The molecule has 1 atom stereocenters. The van der Waals surface area contributed by atoms with Crippen LogP contribution in [0.15, 0.2) is 0 Å². The second-order valence-corrected chi connectivity index (χ2v) is 2.46. The molecule has 0 fully saturated rings. The molecular weight excluding hydrogens is 114 g/mol. The third-order valence-electron chi connectivity index (χ3n) is 1.37. The average Bonchev–Trinajstić information content (AvgIpc) is 1.82. The van der Waals surface area contributed by atoms with Crippen LogP contribution in [-0.4, -0.2) is 31.7 Å². The van der Waals surface area contributed by atoms with E-state index in [2.05, 4.69) is 0 Å². The molecule has 0 saturated heterocycles. The summed E-state index contributed by atoms with van der Waals surface area (Å²) in [6.07, 6.45) is 2.18. The van der Waals surface area contributed by atoms with E-state index in [1.54, 1.807) is 0 Å². The maximum atomic E-state index is 5.67. The summed E-state index contributed by atoms with van der Waals surface area (Å²) in [6.45, 7) is 0.738. The molecule has 0 rings (SSSR count). The molecule has 0 aromatic rings. The highest BCUT2D eigenvalue weighted by Crippen LogP contribution is 1.93. The Bertz CT molecular complexity index is 63.3. The van der Waals surface area contributed by atoms with E-state index in [0.29, 0.717) is 0 Å². The minimum absolute atomic E-state index is 0.175. The van der Waals surface area contributed by atoms with Crippen molar-refractivity contribution in [3.63, 3.8) is 0 Å². The van der Waals surface area contributed by atoms with Crippen molar-refractivity contribution in [2.24, 2.45) is 11.5 Å². The zero-order valence-corrected chi connectivity index (χ0v) is 6.30. The fraction of sp³-hybridized carbons (Fsp3) is 1.00. The van der Waals surface area contributed by atoms with E-state index in [4.69, 9.17) is 11.5 Å². The monoisotopic (exact) mass is 131 g/mol. The first-order valence-corrected chi connectivity index (χ1v) is 3.30. The first kappa shape index (κ1) is 8.88. The smallest absolute Gasteiger partial charge is 0.0567 e. The van der Waals surface area contributed by atoms with Gasteiger partial charge in [0.2, 0.25) is 0 Å². The molecule has 0 amide bonds. The van der Waals surface area contributed by atoms with E-state index in [9.17, 15) is 0 Å². The van der Waals surface area contributed by atoms with Gasteiger partial charge in [-0.25, -0.2) is 0 Å². The van der Waals surface area contributed by atoms with Crippen LogP contribution >= 0.6 is 0 Å². The topological polar surface area (TPSA) is 55.3 Å². The van der Waals surface area contributed by atoms with Crippen molar-refractivity contribution < 1.29 is 0 Å². The Labute approximate surface area is 57.0 Å². The fourth-order valence-corrected chi connectivity index (χ4v) is 0.585. The molecule has 56 valence electrons. The van der Waals surface area contributed by atoms with Crippen molar-refractivity contribution >= 4 is 0 Å². The molecule has 0 spiro atoms. The summed E-state index contributed by atoms with van der Waals surface area (Å²) in [7, 11) is 3.95. The number of rotatable bonds is 4. The van der Waals surface area contributed by atoms with Crippen LogP contribution in [0.1, 0.15) is 12.8 Å². The van der Waals surface area contributed by atoms with Gasteiger partial charge in [0.1, 0.15) is 0 Å².